The van der Waals surface area contributed by atoms with Gasteiger partial charge >= 0.3 is 0 Å². The second-order valence-corrected chi connectivity index (χ2v) is 5.82. The van der Waals surface area contributed by atoms with Crippen LogP contribution in [0.3, 0.4) is 0 Å². The summed E-state index contributed by atoms with van der Waals surface area (Å²) in [4.78, 5) is 0. The summed E-state index contributed by atoms with van der Waals surface area (Å²) < 4.78 is 0. The first-order valence-electron chi connectivity index (χ1n) is 7.91. The molecule has 0 aliphatic carbocycles. The summed E-state index contributed by atoms with van der Waals surface area (Å²) in [6.45, 7) is 11.8. The summed E-state index contributed by atoms with van der Waals surface area (Å²) in [6, 6.07) is 0. The van der Waals surface area contributed by atoms with Crippen LogP contribution in [0, 0.1) is 11.8 Å². The van der Waals surface area contributed by atoms with Gasteiger partial charge in [0, 0.05) is 0 Å². The minimum atomic E-state index is 0.923. The van der Waals surface area contributed by atoms with Crippen LogP contribution in [-0.4, -0.2) is 13.1 Å². The molecule has 0 radical (unpaired) electrons. The van der Waals surface area contributed by atoms with Crippen LogP contribution in [0.2, 0.25) is 0 Å². The van der Waals surface area contributed by atoms with Crippen molar-refractivity contribution < 1.29 is 0 Å². The van der Waals surface area contributed by atoms with Gasteiger partial charge in [-0.2, -0.15) is 0 Å². The predicted molar refractivity (Wildman–Crippen MR) is 79.5 cm³/mol. The topological polar surface area (TPSA) is 12.0 Å². The summed E-state index contributed by atoms with van der Waals surface area (Å²) >= 11 is 0. The second kappa shape index (κ2) is 12.4. The van der Waals surface area contributed by atoms with Gasteiger partial charge in [0.05, 0.1) is 0 Å². The van der Waals surface area contributed by atoms with Crippen molar-refractivity contribution in [3.63, 3.8) is 0 Å². The van der Waals surface area contributed by atoms with E-state index in [1.165, 1.54) is 64.5 Å². The van der Waals surface area contributed by atoms with Gasteiger partial charge in [-0.3, -0.25) is 0 Å². The van der Waals surface area contributed by atoms with Crippen LogP contribution >= 0.6 is 0 Å². The van der Waals surface area contributed by atoms with Gasteiger partial charge in [0.1, 0.15) is 0 Å². The Kier molecular flexibility index (Phi) is 12.4. The van der Waals surface area contributed by atoms with E-state index in [1.807, 2.05) is 0 Å². The van der Waals surface area contributed by atoms with Gasteiger partial charge in [-0.1, -0.05) is 53.4 Å². The lowest BCUT2D eigenvalue weighted by molar-refractivity contribution is 0.440. The summed E-state index contributed by atoms with van der Waals surface area (Å²) in [7, 11) is 0. The highest BCUT2D eigenvalue weighted by molar-refractivity contribution is 4.57. The van der Waals surface area contributed by atoms with Crippen molar-refractivity contribution in [2.75, 3.05) is 13.1 Å². The molecular formula is C16H35N. The Labute approximate surface area is 110 Å². The molecule has 104 valence electrons. The number of rotatable bonds is 12. The molecule has 0 aromatic heterocycles. The van der Waals surface area contributed by atoms with E-state index in [2.05, 4.69) is 33.0 Å². The van der Waals surface area contributed by atoms with Crippen LogP contribution in [0.1, 0.15) is 79.1 Å². The monoisotopic (exact) mass is 241 g/mol. The quantitative estimate of drug-likeness (QED) is 0.474. The number of nitrogens with one attached hydrogen (secondary N) is 1. The molecule has 0 saturated carbocycles. The fourth-order valence-corrected chi connectivity index (χ4v) is 2.55. The molecule has 2 atom stereocenters. The zero-order chi connectivity index (χ0) is 12.9. The van der Waals surface area contributed by atoms with E-state index in [4.69, 9.17) is 0 Å². The fraction of sp³-hybridized carbons (Fsp3) is 1.00. The SMILES string of the molecule is CCCC(C)CCCNCCCC(C)CCC. The van der Waals surface area contributed by atoms with Crippen LogP contribution < -0.4 is 5.32 Å². The van der Waals surface area contributed by atoms with Gasteiger partial charge in [-0.25, -0.2) is 0 Å². The number of hydrogen-bond acceptors (Lipinski definition) is 1. The van der Waals surface area contributed by atoms with E-state index in [0.29, 0.717) is 0 Å². The van der Waals surface area contributed by atoms with Gasteiger partial charge in [0.25, 0.3) is 0 Å². The van der Waals surface area contributed by atoms with Crippen molar-refractivity contribution in [3.05, 3.63) is 0 Å². The Morgan fingerprint density at radius 2 is 1.12 bits per heavy atom. The van der Waals surface area contributed by atoms with Crippen molar-refractivity contribution in [2.24, 2.45) is 11.8 Å². The highest BCUT2D eigenvalue weighted by Gasteiger charge is 2.01. The van der Waals surface area contributed by atoms with Gasteiger partial charge in [-0.15, -0.1) is 0 Å². The van der Waals surface area contributed by atoms with Crippen molar-refractivity contribution in [2.45, 2.75) is 79.1 Å². The third-order valence-corrected chi connectivity index (χ3v) is 3.66. The van der Waals surface area contributed by atoms with Gasteiger partial charge < -0.3 is 5.32 Å². The molecule has 0 amide bonds. The summed E-state index contributed by atoms with van der Waals surface area (Å²) in [5.41, 5.74) is 0. The minimum absolute atomic E-state index is 0.923. The smallest absolute Gasteiger partial charge is 0.00488 e. The molecule has 0 rings (SSSR count). The molecule has 0 aliphatic heterocycles. The van der Waals surface area contributed by atoms with Gasteiger partial charge in [0.15, 0.2) is 0 Å². The summed E-state index contributed by atoms with van der Waals surface area (Å²) in [6.07, 6.45) is 11.0. The van der Waals surface area contributed by atoms with Crippen molar-refractivity contribution in [3.8, 4) is 0 Å². The third-order valence-electron chi connectivity index (χ3n) is 3.66. The summed E-state index contributed by atoms with van der Waals surface area (Å²) in [5.74, 6) is 1.85. The van der Waals surface area contributed by atoms with E-state index >= 15 is 0 Å². The fourth-order valence-electron chi connectivity index (χ4n) is 2.55. The molecule has 0 aromatic carbocycles. The first-order valence-corrected chi connectivity index (χ1v) is 7.91. The molecule has 17 heavy (non-hydrogen) atoms. The van der Waals surface area contributed by atoms with E-state index in [0.717, 1.165) is 11.8 Å². The van der Waals surface area contributed by atoms with E-state index in [9.17, 15) is 0 Å². The van der Waals surface area contributed by atoms with Gasteiger partial charge in [-0.05, 0) is 50.6 Å². The molecule has 2 unspecified atom stereocenters. The normalized spacial score (nSPS) is 14.8. The molecule has 0 heterocycles. The zero-order valence-corrected chi connectivity index (χ0v) is 12.7. The molecule has 1 heteroatoms. The first kappa shape index (κ1) is 17.0. The van der Waals surface area contributed by atoms with Crippen LogP contribution in [-0.2, 0) is 0 Å². The van der Waals surface area contributed by atoms with Gasteiger partial charge in [0.2, 0.25) is 0 Å². The molecule has 0 fully saturated rings. The maximum atomic E-state index is 3.58. The Morgan fingerprint density at radius 1 is 0.706 bits per heavy atom. The maximum Gasteiger partial charge on any atom is -0.00488 e. The molecule has 0 aromatic rings. The number of hydrogen-bond donors (Lipinski definition) is 1. The van der Waals surface area contributed by atoms with Crippen molar-refractivity contribution in [1.29, 1.82) is 0 Å². The molecule has 0 bridgehead atoms. The average molecular weight is 241 g/mol. The second-order valence-electron chi connectivity index (χ2n) is 5.82. The molecule has 0 aliphatic rings. The van der Waals surface area contributed by atoms with Crippen LogP contribution in [0.4, 0.5) is 0 Å². The third kappa shape index (κ3) is 12.2. The van der Waals surface area contributed by atoms with Crippen LogP contribution in [0.25, 0.3) is 0 Å². The van der Waals surface area contributed by atoms with Crippen LogP contribution in [0.15, 0.2) is 0 Å². The lowest BCUT2D eigenvalue weighted by atomic mass is 10.00. The summed E-state index contributed by atoms with van der Waals surface area (Å²) in [5, 5.41) is 3.58. The van der Waals surface area contributed by atoms with E-state index < -0.39 is 0 Å². The Morgan fingerprint density at radius 3 is 1.47 bits per heavy atom. The Balaban J connectivity index is 3.13. The maximum absolute atomic E-state index is 3.58. The van der Waals surface area contributed by atoms with Crippen LogP contribution in [0.5, 0.6) is 0 Å². The largest absolute Gasteiger partial charge is 0.317 e. The van der Waals surface area contributed by atoms with Crippen molar-refractivity contribution >= 4 is 0 Å². The molecule has 0 spiro atoms. The molecule has 0 saturated heterocycles. The highest BCUT2D eigenvalue weighted by atomic mass is 14.8. The van der Waals surface area contributed by atoms with E-state index in [-0.39, 0.29) is 0 Å². The lowest BCUT2D eigenvalue weighted by Gasteiger charge is -2.11. The standard InChI is InChI=1S/C16H35N/c1-5-9-15(3)11-7-13-17-14-8-12-16(4)10-6-2/h15-17H,5-14H2,1-4H3. The average Bonchev–Trinajstić information content (AvgIpc) is 2.28. The zero-order valence-electron chi connectivity index (χ0n) is 12.7. The van der Waals surface area contributed by atoms with E-state index in [1.54, 1.807) is 0 Å². The Bertz CT molecular complexity index is 128. The molecule has 1 nitrogen and oxygen atoms in total. The van der Waals surface area contributed by atoms with Crippen molar-refractivity contribution in [1.82, 2.24) is 5.32 Å². The first-order chi connectivity index (χ1) is 8.20. The minimum Gasteiger partial charge on any atom is -0.317 e. The lowest BCUT2D eigenvalue weighted by Crippen LogP contribution is -2.18. The Hall–Kier alpha value is -0.0400. The predicted octanol–water partition coefficient (Wildman–Crippen LogP) is 5.01. The molecular weight excluding hydrogens is 206 g/mol. The molecule has 1 N–H and O–H groups in total. The highest BCUT2D eigenvalue weighted by Crippen LogP contribution is 2.12.